The molecule has 0 spiro atoms. The minimum Gasteiger partial charge on any atom is -0.507 e. The number of nitrogens with zero attached hydrogens (tertiary/aromatic N) is 3. The Labute approximate surface area is 185 Å². The monoisotopic (exact) mass is 426 g/mol. The van der Waals surface area contributed by atoms with E-state index in [0.29, 0.717) is 22.0 Å². The second kappa shape index (κ2) is 9.69. The number of anilines is 2. The Bertz CT molecular complexity index is 1220. The molecule has 0 radical (unpaired) electrons. The fourth-order valence-corrected chi connectivity index (χ4v) is 3.01. The lowest BCUT2D eigenvalue weighted by Gasteiger charge is -2.06. The van der Waals surface area contributed by atoms with Crippen molar-refractivity contribution in [3.05, 3.63) is 108 Å². The molecular weight excluding hydrogens is 408 g/mol. The van der Waals surface area contributed by atoms with Crippen molar-refractivity contribution in [2.45, 2.75) is 0 Å². The molecule has 0 saturated heterocycles. The zero-order valence-corrected chi connectivity index (χ0v) is 17.2. The molecule has 0 amide bonds. The molecule has 0 heterocycles. The van der Waals surface area contributed by atoms with Gasteiger partial charge in [0.15, 0.2) is 0 Å². The molecule has 0 atom stereocenters. The molecule has 0 fully saturated rings. The summed E-state index contributed by atoms with van der Waals surface area (Å²) in [5.41, 5.74) is 4.56. The van der Waals surface area contributed by atoms with Crippen molar-refractivity contribution in [3.63, 3.8) is 0 Å². The second-order valence-electron chi connectivity index (χ2n) is 6.72. The molecular formula is C25H19ClN4O. The summed E-state index contributed by atoms with van der Waals surface area (Å²) in [6, 6.07) is 29.8. The van der Waals surface area contributed by atoms with E-state index in [1.165, 1.54) is 0 Å². The van der Waals surface area contributed by atoms with Crippen LogP contribution in [0.1, 0.15) is 5.56 Å². The highest BCUT2D eigenvalue weighted by Crippen LogP contribution is 2.26. The molecule has 0 aromatic heterocycles. The lowest BCUT2D eigenvalue weighted by molar-refractivity contribution is 0.474. The van der Waals surface area contributed by atoms with Gasteiger partial charge in [0.25, 0.3) is 0 Å². The maximum Gasteiger partial charge on any atom is 0.124 e. The fourth-order valence-electron chi connectivity index (χ4n) is 2.82. The second-order valence-corrected chi connectivity index (χ2v) is 7.16. The van der Waals surface area contributed by atoms with Gasteiger partial charge in [-0.15, -0.1) is 0 Å². The maximum atomic E-state index is 10.2. The highest BCUT2D eigenvalue weighted by atomic mass is 35.5. The first-order valence-electron chi connectivity index (χ1n) is 9.62. The van der Waals surface area contributed by atoms with Crippen LogP contribution in [-0.2, 0) is 0 Å². The third-order valence-corrected chi connectivity index (χ3v) is 4.62. The number of aliphatic imine (C=N–C) groups is 1. The van der Waals surface area contributed by atoms with Gasteiger partial charge in [-0.25, -0.2) is 0 Å². The molecule has 0 saturated carbocycles. The van der Waals surface area contributed by atoms with E-state index in [4.69, 9.17) is 11.6 Å². The number of phenols is 1. The summed E-state index contributed by atoms with van der Waals surface area (Å²) in [5, 5.41) is 22.5. The molecule has 0 aliphatic rings. The van der Waals surface area contributed by atoms with Crippen LogP contribution in [0.15, 0.2) is 112 Å². The van der Waals surface area contributed by atoms with Crippen molar-refractivity contribution in [2.24, 2.45) is 15.2 Å². The Morgan fingerprint density at radius 1 is 0.677 bits per heavy atom. The summed E-state index contributed by atoms with van der Waals surface area (Å²) in [4.78, 5) is 4.45. The van der Waals surface area contributed by atoms with E-state index in [1.807, 2.05) is 66.7 Å². The maximum absolute atomic E-state index is 10.2. The number of azo groups is 1. The van der Waals surface area contributed by atoms with Crippen LogP contribution in [0.4, 0.5) is 28.4 Å². The van der Waals surface area contributed by atoms with Gasteiger partial charge < -0.3 is 10.4 Å². The Morgan fingerprint density at radius 3 is 2.10 bits per heavy atom. The zero-order chi connectivity index (χ0) is 21.5. The number of phenolic OH excluding ortho intramolecular Hbond substituents is 1. The van der Waals surface area contributed by atoms with Crippen LogP contribution in [0.5, 0.6) is 5.75 Å². The minimum absolute atomic E-state index is 0.118. The molecule has 152 valence electrons. The number of para-hydroxylation sites is 1. The van der Waals surface area contributed by atoms with Gasteiger partial charge in [0.1, 0.15) is 5.75 Å². The lowest BCUT2D eigenvalue weighted by Crippen LogP contribution is -1.88. The van der Waals surface area contributed by atoms with E-state index in [1.54, 1.807) is 36.5 Å². The largest absolute Gasteiger partial charge is 0.507 e. The number of halogens is 1. The number of benzene rings is 4. The van der Waals surface area contributed by atoms with Crippen LogP contribution in [0, 0.1) is 0 Å². The predicted octanol–water partition coefficient (Wildman–Crippen LogP) is 7.96. The standard InChI is InChI=1S/C25H19ClN4O/c26-19-5-4-8-23(16-19)29-30-24-13-14-25(31)18(15-24)17-27-20-9-11-22(12-10-20)28-21-6-2-1-3-7-21/h1-17,28,31H. The van der Waals surface area contributed by atoms with Crippen LogP contribution in [-0.4, -0.2) is 11.3 Å². The van der Waals surface area contributed by atoms with Crippen molar-refractivity contribution in [3.8, 4) is 5.75 Å². The van der Waals surface area contributed by atoms with E-state index in [9.17, 15) is 5.11 Å². The lowest BCUT2D eigenvalue weighted by atomic mass is 10.2. The third-order valence-electron chi connectivity index (χ3n) is 4.38. The van der Waals surface area contributed by atoms with Gasteiger partial charge in [0.2, 0.25) is 0 Å². The van der Waals surface area contributed by atoms with E-state index >= 15 is 0 Å². The van der Waals surface area contributed by atoms with Crippen LogP contribution < -0.4 is 5.32 Å². The van der Waals surface area contributed by atoms with Gasteiger partial charge in [0, 0.05) is 28.2 Å². The number of hydrogen-bond acceptors (Lipinski definition) is 5. The Kier molecular flexibility index (Phi) is 6.35. The van der Waals surface area contributed by atoms with E-state index in [-0.39, 0.29) is 5.75 Å². The number of aromatic hydroxyl groups is 1. The summed E-state index contributed by atoms with van der Waals surface area (Å²) < 4.78 is 0. The summed E-state index contributed by atoms with van der Waals surface area (Å²) in [5.74, 6) is 0.118. The predicted molar refractivity (Wildman–Crippen MR) is 127 cm³/mol. The summed E-state index contributed by atoms with van der Waals surface area (Å²) in [6.07, 6.45) is 1.60. The molecule has 0 unspecified atom stereocenters. The molecule has 0 aliphatic carbocycles. The van der Waals surface area contributed by atoms with Crippen molar-refractivity contribution >= 4 is 46.3 Å². The van der Waals surface area contributed by atoms with Gasteiger partial charge >= 0.3 is 0 Å². The first-order chi connectivity index (χ1) is 15.2. The number of hydrogen-bond donors (Lipinski definition) is 2. The zero-order valence-electron chi connectivity index (χ0n) is 16.5. The van der Waals surface area contributed by atoms with Gasteiger partial charge in [-0.1, -0.05) is 35.9 Å². The first-order valence-corrected chi connectivity index (χ1v) is 10.00. The molecule has 6 heteroatoms. The number of rotatable bonds is 6. The normalized spacial score (nSPS) is 11.3. The highest BCUT2D eigenvalue weighted by molar-refractivity contribution is 6.30. The van der Waals surface area contributed by atoms with Gasteiger partial charge in [-0.3, -0.25) is 4.99 Å². The Morgan fingerprint density at radius 2 is 1.35 bits per heavy atom. The van der Waals surface area contributed by atoms with E-state index in [0.717, 1.165) is 17.1 Å². The molecule has 0 aliphatic heterocycles. The molecule has 5 nitrogen and oxygen atoms in total. The van der Waals surface area contributed by atoms with Crippen molar-refractivity contribution < 1.29 is 5.11 Å². The summed E-state index contributed by atoms with van der Waals surface area (Å²) >= 11 is 5.97. The molecule has 2 N–H and O–H groups in total. The quantitative estimate of drug-likeness (QED) is 0.242. The molecule has 4 rings (SSSR count). The van der Waals surface area contributed by atoms with Crippen LogP contribution in [0.3, 0.4) is 0 Å². The minimum atomic E-state index is 0.118. The van der Waals surface area contributed by atoms with Crippen LogP contribution >= 0.6 is 11.6 Å². The van der Waals surface area contributed by atoms with Crippen molar-refractivity contribution in [1.29, 1.82) is 0 Å². The van der Waals surface area contributed by atoms with Gasteiger partial charge in [-0.05, 0) is 72.8 Å². The van der Waals surface area contributed by atoms with Crippen molar-refractivity contribution in [2.75, 3.05) is 5.32 Å². The first kappa shape index (κ1) is 20.3. The Balaban J connectivity index is 1.46. The fraction of sp³-hybridized carbons (Fsp3) is 0. The molecule has 4 aromatic carbocycles. The van der Waals surface area contributed by atoms with Gasteiger partial charge in [-0.2, -0.15) is 10.2 Å². The average molecular weight is 427 g/mol. The van der Waals surface area contributed by atoms with Crippen molar-refractivity contribution in [1.82, 2.24) is 0 Å². The Hall–Kier alpha value is -3.96. The topological polar surface area (TPSA) is 69.3 Å². The third kappa shape index (κ3) is 5.78. The van der Waals surface area contributed by atoms with Crippen LogP contribution in [0.25, 0.3) is 0 Å². The molecule has 31 heavy (non-hydrogen) atoms. The molecule has 4 aromatic rings. The highest BCUT2D eigenvalue weighted by Gasteiger charge is 2.01. The van der Waals surface area contributed by atoms with E-state index < -0.39 is 0 Å². The average Bonchev–Trinajstić information content (AvgIpc) is 2.79. The summed E-state index contributed by atoms with van der Waals surface area (Å²) in [7, 11) is 0. The smallest absolute Gasteiger partial charge is 0.124 e. The molecule has 0 bridgehead atoms. The van der Waals surface area contributed by atoms with Crippen LogP contribution in [0.2, 0.25) is 5.02 Å². The van der Waals surface area contributed by atoms with Gasteiger partial charge in [0.05, 0.1) is 17.1 Å². The van der Waals surface area contributed by atoms with E-state index in [2.05, 4.69) is 20.5 Å². The summed E-state index contributed by atoms with van der Waals surface area (Å²) in [6.45, 7) is 0. The SMILES string of the molecule is Oc1ccc(N=Nc2cccc(Cl)c2)cc1C=Nc1ccc(Nc2ccccc2)cc1. The number of nitrogens with one attached hydrogen (secondary N) is 1.